The molecule has 0 saturated carbocycles. The molecular formula is C16H12Cl2N2O2. The topological polar surface area (TPSA) is 58.2 Å². The van der Waals surface area contributed by atoms with E-state index in [1.54, 1.807) is 26.2 Å². The van der Waals surface area contributed by atoms with Crippen LogP contribution in [0.5, 0.6) is 0 Å². The van der Waals surface area contributed by atoms with Crippen LogP contribution in [0.15, 0.2) is 24.3 Å². The third-order valence-corrected chi connectivity index (χ3v) is 4.39. The lowest BCUT2D eigenvalue weighted by atomic mass is 9.82. The summed E-state index contributed by atoms with van der Waals surface area (Å²) >= 11 is 12.3. The highest BCUT2D eigenvalue weighted by atomic mass is 35.5. The van der Waals surface area contributed by atoms with E-state index >= 15 is 0 Å². The summed E-state index contributed by atoms with van der Waals surface area (Å²) in [6, 6.07) is 6.55. The van der Waals surface area contributed by atoms with E-state index in [1.807, 2.05) is 0 Å². The van der Waals surface area contributed by atoms with E-state index in [0.29, 0.717) is 22.5 Å². The van der Waals surface area contributed by atoms with Crippen molar-refractivity contribution >= 4 is 46.1 Å². The van der Waals surface area contributed by atoms with Crippen LogP contribution in [0, 0.1) is 0 Å². The van der Waals surface area contributed by atoms with Gasteiger partial charge in [0.1, 0.15) is 0 Å². The van der Waals surface area contributed by atoms with E-state index in [9.17, 15) is 9.59 Å². The third kappa shape index (κ3) is 1.91. The van der Waals surface area contributed by atoms with Crippen LogP contribution in [0.25, 0.3) is 0 Å². The number of benzene rings is 2. The zero-order valence-corrected chi connectivity index (χ0v) is 13.4. The average molecular weight is 335 g/mol. The molecule has 0 unspecified atom stereocenters. The van der Waals surface area contributed by atoms with Gasteiger partial charge in [0.15, 0.2) is 11.6 Å². The molecule has 0 saturated heterocycles. The highest BCUT2D eigenvalue weighted by Gasteiger charge is 2.36. The summed E-state index contributed by atoms with van der Waals surface area (Å²) in [6.07, 6.45) is 0. The van der Waals surface area contributed by atoms with Gasteiger partial charge in [0.05, 0.1) is 32.3 Å². The van der Waals surface area contributed by atoms with Gasteiger partial charge in [-0.3, -0.25) is 9.59 Å². The largest absolute Gasteiger partial charge is 0.388 e. The predicted octanol–water partition coefficient (Wildman–Crippen LogP) is 3.85. The molecule has 2 aromatic rings. The Bertz CT molecular complexity index is 763. The summed E-state index contributed by atoms with van der Waals surface area (Å²) in [7, 11) is 3.39. The lowest BCUT2D eigenvalue weighted by molar-refractivity contribution is 0.0980. The van der Waals surface area contributed by atoms with E-state index < -0.39 is 0 Å². The molecule has 4 nitrogen and oxygen atoms in total. The molecule has 0 amide bonds. The third-order valence-electron chi connectivity index (χ3n) is 3.76. The highest BCUT2D eigenvalue weighted by Crippen LogP contribution is 2.40. The van der Waals surface area contributed by atoms with Gasteiger partial charge in [0.25, 0.3) is 0 Å². The minimum absolute atomic E-state index is 0.163. The van der Waals surface area contributed by atoms with Crippen LogP contribution in [0.4, 0.5) is 11.4 Å². The number of halogens is 2. The van der Waals surface area contributed by atoms with Gasteiger partial charge < -0.3 is 10.6 Å². The Morgan fingerprint density at radius 1 is 0.682 bits per heavy atom. The Hall–Kier alpha value is -2.04. The van der Waals surface area contributed by atoms with E-state index in [0.717, 1.165) is 0 Å². The molecule has 3 rings (SSSR count). The number of carbonyl (C=O) groups is 2. The fourth-order valence-corrected chi connectivity index (χ4v) is 3.22. The van der Waals surface area contributed by atoms with Crippen molar-refractivity contribution in [2.24, 2.45) is 0 Å². The zero-order chi connectivity index (χ0) is 16.0. The van der Waals surface area contributed by atoms with Crippen LogP contribution in [0.2, 0.25) is 10.0 Å². The molecule has 0 fully saturated rings. The summed E-state index contributed by atoms with van der Waals surface area (Å²) in [5.41, 5.74) is 2.11. The molecule has 6 heteroatoms. The summed E-state index contributed by atoms with van der Waals surface area (Å²) < 4.78 is 0. The van der Waals surface area contributed by atoms with E-state index in [-0.39, 0.29) is 32.7 Å². The van der Waals surface area contributed by atoms with Crippen LogP contribution in [0.3, 0.4) is 0 Å². The predicted molar refractivity (Wildman–Crippen MR) is 88.9 cm³/mol. The molecule has 112 valence electrons. The molecule has 0 aromatic heterocycles. The normalized spacial score (nSPS) is 12.7. The van der Waals surface area contributed by atoms with E-state index in [1.165, 1.54) is 12.1 Å². The van der Waals surface area contributed by atoms with Crippen molar-refractivity contribution in [1.29, 1.82) is 0 Å². The molecule has 2 aromatic carbocycles. The van der Waals surface area contributed by atoms with Gasteiger partial charge in [-0.1, -0.05) is 23.2 Å². The smallest absolute Gasteiger partial charge is 0.198 e. The Morgan fingerprint density at radius 3 is 1.36 bits per heavy atom. The van der Waals surface area contributed by atoms with Gasteiger partial charge in [-0.25, -0.2) is 0 Å². The summed E-state index contributed by atoms with van der Waals surface area (Å²) in [5, 5.41) is 6.34. The van der Waals surface area contributed by atoms with E-state index in [2.05, 4.69) is 10.6 Å². The van der Waals surface area contributed by atoms with Crippen LogP contribution in [-0.4, -0.2) is 25.7 Å². The number of hydrogen-bond donors (Lipinski definition) is 2. The van der Waals surface area contributed by atoms with Gasteiger partial charge in [-0.05, 0) is 24.3 Å². The maximum Gasteiger partial charge on any atom is 0.198 e. The Balaban J connectivity index is 2.43. The van der Waals surface area contributed by atoms with Crippen molar-refractivity contribution < 1.29 is 9.59 Å². The second-order valence-electron chi connectivity index (χ2n) is 4.85. The van der Waals surface area contributed by atoms with Crippen LogP contribution < -0.4 is 10.6 Å². The van der Waals surface area contributed by atoms with Crippen LogP contribution in [0.1, 0.15) is 31.8 Å². The van der Waals surface area contributed by atoms with Crippen LogP contribution >= 0.6 is 23.2 Å². The maximum atomic E-state index is 12.9. The molecular weight excluding hydrogens is 323 g/mol. The average Bonchev–Trinajstić information content (AvgIpc) is 2.53. The maximum absolute atomic E-state index is 12.9. The standard InChI is InChI=1S/C16H12Cl2N2O2/c1-19-9-5-6-10(20-2)14-13(9)15(21)11-7(17)3-4-8(18)12(11)16(14)22/h3-6,19-20H,1-2H3. The fraction of sp³-hybridized carbons (Fsp3) is 0.125. The monoisotopic (exact) mass is 334 g/mol. The molecule has 0 aliphatic heterocycles. The van der Waals surface area contributed by atoms with Gasteiger partial charge >= 0.3 is 0 Å². The fourth-order valence-electron chi connectivity index (χ4n) is 2.74. The second-order valence-corrected chi connectivity index (χ2v) is 5.66. The Morgan fingerprint density at radius 2 is 1.05 bits per heavy atom. The first-order valence-corrected chi connectivity index (χ1v) is 7.36. The van der Waals surface area contributed by atoms with Crippen molar-refractivity contribution in [2.45, 2.75) is 0 Å². The molecule has 0 spiro atoms. The van der Waals surface area contributed by atoms with Gasteiger partial charge in [0, 0.05) is 25.5 Å². The summed E-state index contributed by atoms with van der Waals surface area (Å²) in [6.45, 7) is 0. The van der Waals surface area contributed by atoms with Gasteiger partial charge in [0.2, 0.25) is 0 Å². The number of ketones is 2. The number of nitrogens with one attached hydrogen (secondary N) is 2. The van der Waals surface area contributed by atoms with Crippen LogP contribution in [-0.2, 0) is 0 Å². The van der Waals surface area contributed by atoms with Crippen molar-refractivity contribution in [3.05, 3.63) is 56.6 Å². The minimum atomic E-state index is -0.307. The number of fused-ring (bicyclic) bond motifs is 2. The molecule has 0 radical (unpaired) electrons. The molecule has 0 heterocycles. The number of rotatable bonds is 2. The molecule has 0 atom stereocenters. The first kappa shape index (κ1) is 14.9. The Kier molecular flexibility index (Phi) is 3.59. The van der Waals surface area contributed by atoms with Gasteiger partial charge in [-0.15, -0.1) is 0 Å². The first-order valence-electron chi connectivity index (χ1n) is 6.61. The number of hydrogen-bond acceptors (Lipinski definition) is 4. The van der Waals surface area contributed by atoms with E-state index in [4.69, 9.17) is 23.2 Å². The van der Waals surface area contributed by atoms with Gasteiger partial charge in [-0.2, -0.15) is 0 Å². The first-order chi connectivity index (χ1) is 10.5. The quantitative estimate of drug-likeness (QED) is 0.747. The summed E-state index contributed by atoms with van der Waals surface area (Å²) in [5.74, 6) is -0.614. The molecule has 2 N–H and O–H groups in total. The lowest BCUT2D eigenvalue weighted by Crippen LogP contribution is -2.24. The van der Waals surface area contributed by atoms with Crippen molar-refractivity contribution in [3.63, 3.8) is 0 Å². The highest BCUT2D eigenvalue weighted by molar-refractivity contribution is 6.44. The zero-order valence-electron chi connectivity index (χ0n) is 11.9. The minimum Gasteiger partial charge on any atom is -0.388 e. The SMILES string of the molecule is CNc1ccc(NC)c2c1C(=O)c1c(Cl)ccc(Cl)c1C2=O. The Labute approximate surface area is 137 Å². The number of anilines is 2. The van der Waals surface area contributed by atoms with Crippen molar-refractivity contribution in [2.75, 3.05) is 24.7 Å². The molecule has 1 aliphatic carbocycles. The van der Waals surface area contributed by atoms with Crippen molar-refractivity contribution in [1.82, 2.24) is 0 Å². The lowest BCUT2D eigenvalue weighted by Gasteiger charge is -2.24. The molecule has 22 heavy (non-hydrogen) atoms. The molecule has 1 aliphatic rings. The molecule has 0 bridgehead atoms. The van der Waals surface area contributed by atoms with Crippen molar-refractivity contribution in [3.8, 4) is 0 Å². The summed E-state index contributed by atoms with van der Waals surface area (Å²) in [4.78, 5) is 25.8. The number of carbonyl (C=O) groups excluding carboxylic acids is 2. The second kappa shape index (κ2) is 5.30.